The van der Waals surface area contributed by atoms with Crippen LogP contribution in [0.1, 0.15) is 12.8 Å². The molecule has 0 unspecified atom stereocenters. The van der Waals surface area contributed by atoms with E-state index in [1.54, 1.807) is 7.11 Å². The van der Waals surface area contributed by atoms with Crippen molar-refractivity contribution in [2.24, 2.45) is 0 Å². The van der Waals surface area contributed by atoms with Gasteiger partial charge in [-0.15, -0.1) is 0 Å². The Labute approximate surface area is 175 Å². The fourth-order valence-electron chi connectivity index (χ4n) is 3.26. The molecule has 0 radical (unpaired) electrons. The Kier molecular flexibility index (Phi) is 7.34. The topological polar surface area (TPSA) is 67.9 Å². The van der Waals surface area contributed by atoms with E-state index < -0.39 is 20.7 Å². The van der Waals surface area contributed by atoms with Crippen LogP contribution in [-0.4, -0.2) is 52.7 Å². The molecule has 3 rings (SSSR count). The maximum atomic E-state index is 13.9. The summed E-state index contributed by atoms with van der Waals surface area (Å²) < 4.78 is 52.5. The lowest BCUT2D eigenvalue weighted by atomic mass is 10.1. The summed E-state index contributed by atoms with van der Waals surface area (Å²) in [5.41, 5.74) is 0. The van der Waals surface area contributed by atoms with Crippen molar-refractivity contribution < 1.29 is 22.3 Å². The number of sulfonamides is 1. The molecule has 2 aromatic rings. The largest absolute Gasteiger partial charge is 0.493 e. The second-order valence-electron chi connectivity index (χ2n) is 6.81. The van der Waals surface area contributed by atoms with Gasteiger partial charge in [-0.25, -0.2) is 17.5 Å². The third kappa shape index (κ3) is 5.82. The first kappa shape index (κ1) is 21.8. The average Bonchev–Trinajstić information content (AvgIpc) is 2.71. The number of methoxy groups -OCH3 is 1. The molecule has 1 aliphatic rings. The smallest absolute Gasteiger partial charge is 0.243 e. The molecule has 0 aromatic heterocycles. The fraction of sp³-hybridized carbons (Fsp3) is 0.400. The van der Waals surface area contributed by atoms with Crippen LogP contribution in [0.4, 0.5) is 4.39 Å². The number of benzene rings is 2. The van der Waals surface area contributed by atoms with Gasteiger partial charge in [0.25, 0.3) is 0 Å². The van der Waals surface area contributed by atoms with E-state index in [1.165, 1.54) is 6.07 Å². The van der Waals surface area contributed by atoms with Gasteiger partial charge in [-0.05, 0) is 56.3 Å². The first-order chi connectivity index (χ1) is 13.9. The second-order valence-corrected chi connectivity index (χ2v) is 8.93. The summed E-state index contributed by atoms with van der Waals surface area (Å²) in [6.07, 6.45) is 1.27. The number of hydrogen-bond acceptors (Lipinski definition) is 5. The predicted molar refractivity (Wildman–Crippen MR) is 110 cm³/mol. The first-order valence-electron chi connectivity index (χ1n) is 9.34. The number of piperidine rings is 1. The Morgan fingerprint density at radius 2 is 1.86 bits per heavy atom. The maximum absolute atomic E-state index is 13.9. The minimum absolute atomic E-state index is 0.177. The van der Waals surface area contributed by atoms with Gasteiger partial charge < -0.3 is 9.47 Å². The van der Waals surface area contributed by atoms with Crippen LogP contribution in [0.5, 0.6) is 11.5 Å². The number of ether oxygens (including phenoxy) is 2. The highest BCUT2D eigenvalue weighted by Crippen LogP contribution is 2.26. The number of likely N-dealkylation sites (tertiary alicyclic amines) is 1. The van der Waals surface area contributed by atoms with Crippen LogP contribution >= 0.6 is 11.6 Å². The standard InChI is InChI=1S/C20H24ClFN2O4S/c1-27-18-4-2-3-5-19(18)28-13-12-24-10-8-16(9-11-24)23-29(25,26)20-14-15(21)6-7-17(20)22/h2-7,14,16,23H,8-13H2,1H3. The van der Waals surface area contributed by atoms with E-state index in [4.69, 9.17) is 21.1 Å². The Bertz CT molecular complexity index is 934. The Morgan fingerprint density at radius 1 is 1.17 bits per heavy atom. The third-order valence-corrected chi connectivity index (χ3v) is 6.60. The summed E-state index contributed by atoms with van der Waals surface area (Å²) in [4.78, 5) is 1.79. The summed E-state index contributed by atoms with van der Waals surface area (Å²) in [5, 5.41) is 0.177. The molecule has 1 aliphatic heterocycles. The van der Waals surface area contributed by atoms with Gasteiger partial charge in [0.15, 0.2) is 11.5 Å². The molecule has 1 heterocycles. The predicted octanol–water partition coefficient (Wildman–Crippen LogP) is 3.31. The van der Waals surface area contributed by atoms with Crippen molar-refractivity contribution in [1.82, 2.24) is 9.62 Å². The van der Waals surface area contributed by atoms with Gasteiger partial charge in [0.2, 0.25) is 10.0 Å². The van der Waals surface area contributed by atoms with Crippen LogP contribution in [0.2, 0.25) is 5.02 Å². The molecule has 1 saturated heterocycles. The molecule has 0 spiro atoms. The van der Waals surface area contributed by atoms with E-state index in [9.17, 15) is 12.8 Å². The average molecular weight is 443 g/mol. The molecule has 29 heavy (non-hydrogen) atoms. The molecule has 9 heteroatoms. The summed E-state index contributed by atoms with van der Waals surface area (Å²) in [6, 6.07) is 10.7. The SMILES string of the molecule is COc1ccccc1OCCN1CCC(NS(=O)(=O)c2cc(Cl)ccc2F)CC1. The van der Waals surface area contributed by atoms with E-state index in [1.807, 2.05) is 24.3 Å². The van der Waals surface area contributed by atoms with Crippen LogP contribution in [0.25, 0.3) is 0 Å². The highest BCUT2D eigenvalue weighted by molar-refractivity contribution is 7.89. The molecular formula is C20H24ClFN2O4S. The van der Waals surface area contributed by atoms with Crippen LogP contribution in [-0.2, 0) is 10.0 Å². The molecule has 0 atom stereocenters. The van der Waals surface area contributed by atoms with Gasteiger partial charge in [0.05, 0.1) is 7.11 Å². The quantitative estimate of drug-likeness (QED) is 0.679. The summed E-state index contributed by atoms with van der Waals surface area (Å²) in [6.45, 7) is 2.67. The van der Waals surface area contributed by atoms with Gasteiger partial charge in [-0.2, -0.15) is 0 Å². The molecule has 0 amide bonds. The zero-order valence-corrected chi connectivity index (χ0v) is 17.7. The van der Waals surface area contributed by atoms with Crippen molar-refractivity contribution in [3.63, 3.8) is 0 Å². The minimum atomic E-state index is -3.96. The number of para-hydroxylation sites is 2. The molecule has 0 bridgehead atoms. The summed E-state index contributed by atoms with van der Waals surface area (Å²) in [5.74, 6) is 0.572. The lowest BCUT2D eigenvalue weighted by molar-refractivity contribution is 0.168. The maximum Gasteiger partial charge on any atom is 0.243 e. The lowest BCUT2D eigenvalue weighted by Gasteiger charge is -2.32. The van der Waals surface area contributed by atoms with Crippen molar-refractivity contribution in [1.29, 1.82) is 0 Å². The molecule has 0 saturated carbocycles. The van der Waals surface area contributed by atoms with Crippen LogP contribution in [0, 0.1) is 5.82 Å². The summed E-state index contributed by atoms with van der Waals surface area (Å²) >= 11 is 5.81. The van der Waals surface area contributed by atoms with Gasteiger partial charge in [-0.3, -0.25) is 4.90 Å². The van der Waals surface area contributed by atoms with Gasteiger partial charge in [-0.1, -0.05) is 23.7 Å². The molecule has 1 fully saturated rings. The molecule has 6 nitrogen and oxygen atoms in total. The van der Waals surface area contributed by atoms with Crippen LogP contribution < -0.4 is 14.2 Å². The molecular weight excluding hydrogens is 419 g/mol. The third-order valence-electron chi connectivity index (χ3n) is 4.83. The van der Waals surface area contributed by atoms with Gasteiger partial charge in [0, 0.05) is 17.6 Å². The molecule has 1 N–H and O–H groups in total. The van der Waals surface area contributed by atoms with E-state index in [2.05, 4.69) is 9.62 Å². The highest BCUT2D eigenvalue weighted by Gasteiger charge is 2.26. The Hall–Kier alpha value is -1.87. The van der Waals surface area contributed by atoms with Crippen molar-refractivity contribution in [3.8, 4) is 11.5 Å². The van der Waals surface area contributed by atoms with Gasteiger partial charge >= 0.3 is 0 Å². The van der Waals surface area contributed by atoms with Crippen LogP contribution in [0.3, 0.4) is 0 Å². The summed E-state index contributed by atoms with van der Waals surface area (Å²) in [7, 11) is -2.36. The van der Waals surface area contributed by atoms with Crippen molar-refractivity contribution in [2.45, 2.75) is 23.8 Å². The molecule has 158 valence electrons. The van der Waals surface area contributed by atoms with Crippen molar-refractivity contribution >= 4 is 21.6 Å². The van der Waals surface area contributed by atoms with E-state index >= 15 is 0 Å². The highest BCUT2D eigenvalue weighted by atomic mass is 35.5. The van der Waals surface area contributed by atoms with E-state index in [-0.39, 0.29) is 11.1 Å². The number of rotatable bonds is 8. The van der Waals surface area contributed by atoms with Crippen LogP contribution in [0.15, 0.2) is 47.4 Å². The number of halogens is 2. The fourth-order valence-corrected chi connectivity index (χ4v) is 4.91. The monoisotopic (exact) mass is 442 g/mol. The van der Waals surface area contributed by atoms with Crippen molar-refractivity contribution in [3.05, 3.63) is 53.3 Å². The molecule has 0 aliphatic carbocycles. The Balaban J connectivity index is 1.47. The van der Waals surface area contributed by atoms with E-state index in [0.717, 1.165) is 31.8 Å². The van der Waals surface area contributed by atoms with Crippen molar-refractivity contribution in [2.75, 3.05) is 33.4 Å². The number of hydrogen-bond donors (Lipinski definition) is 1. The van der Waals surface area contributed by atoms with E-state index in [0.29, 0.717) is 30.9 Å². The minimum Gasteiger partial charge on any atom is -0.493 e. The zero-order valence-electron chi connectivity index (χ0n) is 16.1. The number of nitrogens with one attached hydrogen (secondary N) is 1. The number of nitrogens with zero attached hydrogens (tertiary/aromatic N) is 1. The Morgan fingerprint density at radius 3 is 2.55 bits per heavy atom. The second kappa shape index (κ2) is 9.75. The van der Waals surface area contributed by atoms with Gasteiger partial charge in [0.1, 0.15) is 17.3 Å². The molecule has 2 aromatic carbocycles. The first-order valence-corrected chi connectivity index (χ1v) is 11.2. The lowest BCUT2D eigenvalue weighted by Crippen LogP contribution is -2.45. The zero-order chi connectivity index (χ0) is 20.9. The normalized spacial score (nSPS) is 16.0.